The molecule has 0 aromatic heterocycles. The standard InChI is InChI=1S/C45H66N2O5/c1-28(2)38-33(50)25-44(23-24-47-45(21-22-45)29-9-11-30(49)12-10-29)20-15-32-31(39(38)44)13-14-34-41(32,5)18-16-35-42(34,6)19-17-36(43(35,7)46-8)52-37(51)26-40(3,4)27-48/h9-12,27-28,31-32,34-36,46-47,49H,13-26H2,1-8H3. The highest BCUT2D eigenvalue weighted by molar-refractivity contribution is 6.00. The Kier molecular flexibility index (Phi) is 9.50. The number of fused-ring (bicyclic) bond motifs is 7. The lowest BCUT2D eigenvalue weighted by Crippen LogP contribution is -2.69. The Morgan fingerprint density at radius 2 is 1.65 bits per heavy atom. The Bertz CT molecular complexity index is 1610. The molecule has 0 radical (unpaired) electrons. The van der Waals surface area contributed by atoms with Gasteiger partial charge in [0.1, 0.15) is 18.1 Å². The summed E-state index contributed by atoms with van der Waals surface area (Å²) < 4.78 is 6.25. The van der Waals surface area contributed by atoms with Gasteiger partial charge < -0.3 is 25.3 Å². The van der Waals surface area contributed by atoms with Crippen molar-refractivity contribution < 1.29 is 24.2 Å². The van der Waals surface area contributed by atoms with E-state index in [-0.39, 0.29) is 51.7 Å². The minimum Gasteiger partial charge on any atom is -0.508 e. The molecule has 286 valence electrons. The second-order valence-electron chi connectivity index (χ2n) is 20.0. The maximum Gasteiger partial charge on any atom is 0.307 e. The lowest BCUT2D eigenvalue weighted by Gasteiger charge is -2.69. The average Bonchev–Trinajstić information content (AvgIpc) is 3.80. The molecule has 7 heteroatoms. The first-order valence-corrected chi connectivity index (χ1v) is 20.6. The van der Waals surface area contributed by atoms with Crippen molar-refractivity contribution in [1.29, 1.82) is 0 Å². The molecule has 5 saturated carbocycles. The van der Waals surface area contributed by atoms with Gasteiger partial charge in [-0.25, -0.2) is 0 Å². The van der Waals surface area contributed by atoms with Crippen LogP contribution < -0.4 is 10.6 Å². The Labute approximate surface area is 312 Å². The molecule has 0 bridgehead atoms. The molecule has 9 unspecified atom stereocenters. The second kappa shape index (κ2) is 13.1. The quantitative estimate of drug-likeness (QED) is 0.156. The number of aldehydes is 1. The molecule has 1 aromatic rings. The normalized spacial score (nSPS) is 39.3. The molecule has 9 atom stereocenters. The third-order valence-electron chi connectivity index (χ3n) is 16.3. The molecule has 3 N–H and O–H groups in total. The SMILES string of the molecule is CNC1(C)C(OC(=O)CC(C)(C)C=O)CCC2(C)C3CCC4C5=C(C(C)C)C(=O)CC5(CCNC5(c6ccc(O)cc6)CC5)CCC4C3(C)CCC21. The first-order chi connectivity index (χ1) is 24.5. The largest absolute Gasteiger partial charge is 0.508 e. The molecular formula is C45H66N2O5. The number of hydrogen-bond acceptors (Lipinski definition) is 7. The number of ketones is 1. The maximum absolute atomic E-state index is 14.0. The Balaban J connectivity index is 1.12. The van der Waals surface area contributed by atoms with Crippen LogP contribution in [0, 0.1) is 51.2 Å². The molecule has 0 aliphatic heterocycles. The molecule has 52 heavy (non-hydrogen) atoms. The monoisotopic (exact) mass is 714 g/mol. The van der Waals surface area contributed by atoms with Crippen LogP contribution in [0.5, 0.6) is 5.75 Å². The Morgan fingerprint density at radius 3 is 2.29 bits per heavy atom. The minimum atomic E-state index is -0.725. The number of phenols is 1. The molecule has 1 aromatic carbocycles. The van der Waals surface area contributed by atoms with Crippen LogP contribution in [0.3, 0.4) is 0 Å². The number of nitrogens with one attached hydrogen (secondary N) is 2. The number of likely N-dealkylation sites (N-methyl/N-ethyl adjacent to an activating group) is 1. The zero-order valence-corrected chi connectivity index (χ0v) is 33.3. The van der Waals surface area contributed by atoms with Crippen LogP contribution in [0.2, 0.25) is 0 Å². The van der Waals surface area contributed by atoms with Crippen LogP contribution in [-0.4, -0.2) is 48.4 Å². The number of benzene rings is 1. The van der Waals surface area contributed by atoms with Gasteiger partial charge in [0.05, 0.1) is 12.0 Å². The van der Waals surface area contributed by atoms with E-state index >= 15 is 0 Å². The molecule has 0 heterocycles. The number of rotatable bonds is 11. The zero-order valence-electron chi connectivity index (χ0n) is 33.3. The van der Waals surface area contributed by atoms with Gasteiger partial charge in [-0.2, -0.15) is 0 Å². The van der Waals surface area contributed by atoms with E-state index in [4.69, 9.17) is 4.74 Å². The molecule has 0 amide bonds. The minimum absolute atomic E-state index is 0.000190. The fraction of sp³-hybridized carbons (Fsp3) is 0.756. The molecule has 0 saturated heterocycles. The highest BCUT2D eigenvalue weighted by Crippen LogP contribution is 2.72. The van der Waals surface area contributed by atoms with Crippen LogP contribution in [0.15, 0.2) is 35.4 Å². The van der Waals surface area contributed by atoms with E-state index in [9.17, 15) is 19.5 Å². The van der Waals surface area contributed by atoms with E-state index in [1.54, 1.807) is 31.6 Å². The van der Waals surface area contributed by atoms with E-state index in [0.29, 0.717) is 41.6 Å². The van der Waals surface area contributed by atoms with E-state index in [0.717, 1.165) is 70.6 Å². The molecule has 6 aliphatic carbocycles. The molecular weight excluding hydrogens is 649 g/mol. The van der Waals surface area contributed by atoms with Crippen molar-refractivity contribution in [2.45, 2.75) is 149 Å². The number of esters is 1. The van der Waals surface area contributed by atoms with Gasteiger partial charge >= 0.3 is 5.97 Å². The van der Waals surface area contributed by atoms with Crippen molar-refractivity contribution in [2.24, 2.45) is 51.2 Å². The number of Topliss-reactive ketones (excluding diaryl/α,β-unsaturated/α-hetero) is 1. The van der Waals surface area contributed by atoms with Gasteiger partial charge in [0.2, 0.25) is 0 Å². The number of carbonyl (C=O) groups is 3. The predicted octanol–water partition coefficient (Wildman–Crippen LogP) is 8.43. The van der Waals surface area contributed by atoms with Crippen LogP contribution in [0.1, 0.15) is 138 Å². The van der Waals surface area contributed by atoms with Gasteiger partial charge in [0.25, 0.3) is 0 Å². The van der Waals surface area contributed by atoms with E-state index < -0.39 is 5.41 Å². The van der Waals surface area contributed by atoms with Crippen molar-refractivity contribution >= 4 is 18.0 Å². The lowest BCUT2D eigenvalue weighted by atomic mass is 9.37. The van der Waals surface area contributed by atoms with E-state index in [2.05, 4.69) is 57.4 Å². The Morgan fingerprint density at radius 1 is 0.962 bits per heavy atom. The first-order valence-electron chi connectivity index (χ1n) is 20.6. The third kappa shape index (κ3) is 5.94. The maximum atomic E-state index is 14.0. The second-order valence-corrected chi connectivity index (χ2v) is 20.0. The lowest BCUT2D eigenvalue weighted by molar-refractivity contribution is -0.201. The molecule has 7 nitrogen and oxygen atoms in total. The summed E-state index contributed by atoms with van der Waals surface area (Å²) in [5, 5.41) is 17.5. The summed E-state index contributed by atoms with van der Waals surface area (Å²) in [4.78, 5) is 38.7. The van der Waals surface area contributed by atoms with E-state index in [1.807, 2.05) is 7.05 Å². The van der Waals surface area contributed by atoms with Crippen LogP contribution in [-0.2, 0) is 24.7 Å². The number of ether oxygens (including phenoxy) is 1. The summed E-state index contributed by atoms with van der Waals surface area (Å²) in [5.74, 6) is 2.68. The van der Waals surface area contributed by atoms with Crippen molar-refractivity contribution in [1.82, 2.24) is 10.6 Å². The van der Waals surface area contributed by atoms with Crippen molar-refractivity contribution in [3.8, 4) is 5.75 Å². The van der Waals surface area contributed by atoms with Gasteiger partial charge in [0, 0.05) is 22.8 Å². The number of allylic oxidation sites excluding steroid dienone is 2. The first kappa shape index (κ1) is 37.8. The fourth-order valence-electron chi connectivity index (χ4n) is 13.5. The number of hydrogen-bond donors (Lipinski definition) is 3. The summed E-state index contributed by atoms with van der Waals surface area (Å²) in [6.07, 6.45) is 13.4. The van der Waals surface area contributed by atoms with Crippen molar-refractivity contribution in [3.05, 3.63) is 41.0 Å². The number of aromatic hydroxyl groups is 1. The fourth-order valence-corrected chi connectivity index (χ4v) is 13.5. The molecule has 0 spiro atoms. The number of phenolic OH excluding ortho intramolecular Hbond substituents is 1. The van der Waals surface area contributed by atoms with E-state index in [1.165, 1.54) is 24.0 Å². The molecule has 6 aliphatic rings. The third-order valence-corrected chi connectivity index (χ3v) is 16.3. The van der Waals surface area contributed by atoms with Crippen LogP contribution in [0.4, 0.5) is 0 Å². The average molecular weight is 715 g/mol. The predicted molar refractivity (Wildman–Crippen MR) is 204 cm³/mol. The van der Waals surface area contributed by atoms with Crippen molar-refractivity contribution in [2.75, 3.05) is 13.6 Å². The highest BCUT2D eigenvalue weighted by Gasteiger charge is 2.67. The van der Waals surface area contributed by atoms with Crippen LogP contribution >= 0.6 is 0 Å². The van der Waals surface area contributed by atoms with Gasteiger partial charge in [-0.1, -0.05) is 59.2 Å². The molecule has 5 fully saturated rings. The van der Waals surface area contributed by atoms with Gasteiger partial charge in [-0.3, -0.25) is 9.59 Å². The van der Waals surface area contributed by atoms with Crippen molar-refractivity contribution in [3.63, 3.8) is 0 Å². The zero-order chi connectivity index (χ0) is 37.5. The molecule has 7 rings (SSSR count). The highest BCUT2D eigenvalue weighted by atomic mass is 16.5. The number of carbonyl (C=O) groups excluding carboxylic acids is 3. The summed E-state index contributed by atoms with van der Waals surface area (Å²) in [5.41, 5.74) is 3.19. The van der Waals surface area contributed by atoms with Gasteiger partial charge in [0.15, 0.2) is 5.78 Å². The summed E-state index contributed by atoms with van der Waals surface area (Å²) in [6, 6.07) is 7.71. The van der Waals surface area contributed by atoms with Gasteiger partial charge in [-0.15, -0.1) is 0 Å². The summed E-state index contributed by atoms with van der Waals surface area (Å²) in [6.45, 7) is 16.4. The smallest absolute Gasteiger partial charge is 0.307 e. The topological polar surface area (TPSA) is 105 Å². The van der Waals surface area contributed by atoms with Crippen LogP contribution in [0.25, 0.3) is 0 Å². The summed E-state index contributed by atoms with van der Waals surface area (Å²) in [7, 11) is 2.04. The Hall–Kier alpha value is -2.51. The van der Waals surface area contributed by atoms with Gasteiger partial charge in [-0.05, 0) is 155 Å². The summed E-state index contributed by atoms with van der Waals surface area (Å²) >= 11 is 0.